The zero-order valence-electron chi connectivity index (χ0n) is 12.2. The molecule has 0 saturated heterocycles. The number of nitrogens with zero attached hydrogens (tertiary/aromatic N) is 1. The molecule has 0 bridgehead atoms. The second-order valence-electron chi connectivity index (χ2n) is 4.75. The summed E-state index contributed by atoms with van der Waals surface area (Å²) >= 11 is 6.11. The molecule has 0 amide bonds. The Morgan fingerprint density at radius 1 is 0.909 bits per heavy atom. The van der Waals surface area contributed by atoms with E-state index in [4.69, 9.17) is 16.3 Å². The van der Waals surface area contributed by atoms with Crippen molar-refractivity contribution in [2.24, 2.45) is 4.99 Å². The fourth-order valence-corrected chi connectivity index (χ4v) is 2.09. The van der Waals surface area contributed by atoms with Crippen molar-refractivity contribution in [1.29, 1.82) is 0 Å². The second-order valence-corrected chi connectivity index (χ2v) is 5.11. The Morgan fingerprint density at radius 2 is 1.50 bits per heavy atom. The van der Waals surface area contributed by atoms with Crippen molar-refractivity contribution in [1.82, 2.24) is 0 Å². The topological polar surface area (TPSA) is 38.7 Å². The number of hydrogen-bond acceptors (Lipinski definition) is 3. The molecule has 0 aliphatic heterocycles. The van der Waals surface area contributed by atoms with Gasteiger partial charge in [0.05, 0.1) is 12.2 Å². The first-order chi connectivity index (χ1) is 10.8. The van der Waals surface area contributed by atoms with Crippen molar-refractivity contribution in [3.05, 3.63) is 71.8 Å². The van der Waals surface area contributed by atoms with Gasteiger partial charge < -0.3 is 4.74 Å². The molecule has 0 aromatic heterocycles. The number of carbonyl (C=O) groups excluding carboxylic acids is 1. The fraction of sp³-hybridized carbons (Fsp3) is 0.222. The van der Waals surface area contributed by atoms with E-state index in [1.54, 1.807) is 12.1 Å². The van der Waals surface area contributed by atoms with Gasteiger partial charge in [-0.3, -0.25) is 4.99 Å². The number of aliphatic imine (C=N–C) groups is 1. The molecule has 0 atom stereocenters. The van der Waals surface area contributed by atoms with E-state index in [9.17, 15) is 4.79 Å². The lowest BCUT2D eigenvalue weighted by atomic mass is 10.2. The lowest BCUT2D eigenvalue weighted by Crippen LogP contribution is -2.06. The fourth-order valence-electron chi connectivity index (χ4n) is 1.88. The highest BCUT2D eigenvalue weighted by Gasteiger charge is 2.04. The lowest BCUT2D eigenvalue weighted by molar-refractivity contribution is 0.0499. The van der Waals surface area contributed by atoms with Gasteiger partial charge in [0.15, 0.2) is 0 Å². The van der Waals surface area contributed by atoms with Crippen molar-refractivity contribution in [2.45, 2.75) is 12.8 Å². The lowest BCUT2D eigenvalue weighted by Gasteiger charge is -2.04. The maximum atomic E-state index is 11.7. The van der Waals surface area contributed by atoms with Crippen LogP contribution in [0.15, 0.2) is 65.7 Å². The minimum absolute atomic E-state index is 0.286. The molecule has 0 aliphatic carbocycles. The molecule has 2 aromatic rings. The molecule has 4 heteroatoms. The molecular formula is C18H18ClNO2. The summed E-state index contributed by atoms with van der Waals surface area (Å²) in [4.78, 5) is 16.0. The van der Waals surface area contributed by atoms with Gasteiger partial charge >= 0.3 is 5.97 Å². The minimum atomic E-state index is -0.286. The van der Waals surface area contributed by atoms with Gasteiger partial charge in [-0.15, -0.1) is 0 Å². The van der Waals surface area contributed by atoms with Gasteiger partial charge in [0.1, 0.15) is 5.17 Å². The summed E-state index contributed by atoms with van der Waals surface area (Å²) < 4.78 is 5.20. The molecular weight excluding hydrogens is 298 g/mol. The van der Waals surface area contributed by atoms with Gasteiger partial charge in [-0.2, -0.15) is 0 Å². The Hall–Kier alpha value is -2.13. The van der Waals surface area contributed by atoms with Gasteiger partial charge in [0.2, 0.25) is 0 Å². The number of hydrogen-bond donors (Lipinski definition) is 0. The summed E-state index contributed by atoms with van der Waals surface area (Å²) in [6.07, 6.45) is 1.59. The Kier molecular flexibility index (Phi) is 6.65. The number of unbranched alkanes of at least 4 members (excludes halogenated alkanes) is 1. The molecule has 0 fully saturated rings. The molecule has 0 unspecified atom stereocenters. The highest BCUT2D eigenvalue weighted by Crippen LogP contribution is 2.06. The first kappa shape index (κ1) is 16.2. The molecule has 0 radical (unpaired) electrons. The van der Waals surface area contributed by atoms with Crippen LogP contribution in [-0.2, 0) is 4.74 Å². The maximum Gasteiger partial charge on any atom is 0.338 e. The third-order valence-corrected chi connectivity index (χ3v) is 3.40. The van der Waals surface area contributed by atoms with E-state index in [1.165, 1.54) is 0 Å². The van der Waals surface area contributed by atoms with Gasteiger partial charge in [-0.05, 0) is 25.0 Å². The number of rotatable bonds is 7. The van der Waals surface area contributed by atoms with Crippen LogP contribution in [0.25, 0.3) is 0 Å². The van der Waals surface area contributed by atoms with Crippen LogP contribution in [-0.4, -0.2) is 24.3 Å². The van der Waals surface area contributed by atoms with Crippen LogP contribution in [0, 0.1) is 0 Å². The Bertz CT molecular complexity index is 611. The van der Waals surface area contributed by atoms with Crippen molar-refractivity contribution in [2.75, 3.05) is 13.2 Å². The van der Waals surface area contributed by atoms with Gasteiger partial charge in [0, 0.05) is 12.1 Å². The summed E-state index contributed by atoms with van der Waals surface area (Å²) in [5.74, 6) is -0.286. The van der Waals surface area contributed by atoms with Gasteiger partial charge in [-0.25, -0.2) is 4.79 Å². The molecule has 0 spiro atoms. The Balaban J connectivity index is 1.65. The largest absolute Gasteiger partial charge is 0.462 e. The van der Waals surface area contributed by atoms with Crippen LogP contribution in [0.3, 0.4) is 0 Å². The highest BCUT2D eigenvalue weighted by molar-refractivity contribution is 6.69. The number of halogens is 1. The molecule has 0 aliphatic rings. The molecule has 2 rings (SSSR count). The van der Waals surface area contributed by atoms with E-state index in [-0.39, 0.29) is 5.97 Å². The molecule has 0 saturated carbocycles. The van der Waals surface area contributed by atoms with Crippen LogP contribution in [0.5, 0.6) is 0 Å². The normalized spacial score (nSPS) is 11.2. The average molecular weight is 316 g/mol. The van der Waals surface area contributed by atoms with E-state index >= 15 is 0 Å². The third-order valence-electron chi connectivity index (χ3n) is 3.06. The molecule has 0 heterocycles. The maximum absolute atomic E-state index is 11.7. The van der Waals surface area contributed by atoms with Gasteiger partial charge in [0.25, 0.3) is 0 Å². The van der Waals surface area contributed by atoms with Crippen LogP contribution in [0.1, 0.15) is 28.8 Å². The predicted octanol–water partition coefficient (Wildman–Crippen LogP) is 4.31. The molecule has 22 heavy (non-hydrogen) atoms. The molecule has 3 nitrogen and oxygen atoms in total. The van der Waals surface area contributed by atoms with E-state index < -0.39 is 0 Å². The number of carbonyl (C=O) groups is 1. The highest BCUT2D eigenvalue weighted by atomic mass is 35.5. The summed E-state index contributed by atoms with van der Waals surface area (Å²) in [5.41, 5.74) is 1.49. The van der Waals surface area contributed by atoms with Crippen LogP contribution >= 0.6 is 11.6 Å². The molecule has 114 valence electrons. The zero-order valence-corrected chi connectivity index (χ0v) is 13.0. The van der Waals surface area contributed by atoms with Crippen molar-refractivity contribution < 1.29 is 9.53 Å². The number of ether oxygens (including phenoxy) is 1. The Morgan fingerprint density at radius 3 is 2.14 bits per heavy atom. The van der Waals surface area contributed by atoms with E-state index in [1.807, 2.05) is 48.5 Å². The summed E-state index contributed by atoms with van der Waals surface area (Å²) in [5, 5.41) is 0.516. The van der Waals surface area contributed by atoms with Crippen molar-refractivity contribution in [3.63, 3.8) is 0 Å². The van der Waals surface area contributed by atoms with Gasteiger partial charge in [-0.1, -0.05) is 60.1 Å². The summed E-state index contributed by atoms with van der Waals surface area (Å²) in [6.45, 7) is 1.02. The molecule has 2 aromatic carbocycles. The van der Waals surface area contributed by atoms with E-state index in [0.717, 1.165) is 18.4 Å². The van der Waals surface area contributed by atoms with E-state index in [0.29, 0.717) is 23.9 Å². The van der Waals surface area contributed by atoms with E-state index in [2.05, 4.69) is 4.99 Å². The van der Waals surface area contributed by atoms with Crippen molar-refractivity contribution in [3.8, 4) is 0 Å². The number of benzene rings is 2. The predicted molar refractivity (Wildman–Crippen MR) is 89.7 cm³/mol. The van der Waals surface area contributed by atoms with Crippen LogP contribution < -0.4 is 0 Å². The SMILES string of the molecule is O=C(OCCCCN=C(Cl)c1ccccc1)c1ccccc1. The zero-order chi connectivity index (χ0) is 15.6. The first-order valence-electron chi connectivity index (χ1n) is 7.25. The average Bonchev–Trinajstić information content (AvgIpc) is 2.59. The monoisotopic (exact) mass is 315 g/mol. The smallest absolute Gasteiger partial charge is 0.338 e. The summed E-state index contributed by atoms with van der Waals surface area (Å²) in [7, 11) is 0. The summed E-state index contributed by atoms with van der Waals surface area (Å²) in [6, 6.07) is 18.6. The standard InChI is InChI=1S/C18H18ClNO2/c19-17(15-9-3-1-4-10-15)20-13-7-8-14-22-18(21)16-11-5-2-6-12-16/h1-6,9-12H,7-8,13-14H2. The first-order valence-corrected chi connectivity index (χ1v) is 7.63. The minimum Gasteiger partial charge on any atom is -0.462 e. The van der Waals surface area contributed by atoms with Crippen LogP contribution in [0.2, 0.25) is 0 Å². The third kappa shape index (κ3) is 5.34. The molecule has 0 N–H and O–H groups in total. The number of esters is 1. The Labute approximate surface area is 135 Å². The quantitative estimate of drug-likeness (QED) is 0.434. The van der Waals surface area contributed by atoms with Crippen molar-refractivity contribution >= 4 is 22.7 Å². The van der Waals surface area contributed by atoms with Crippen LogP contribution in [0.4, 0.5) is 0 Å². The second kappa shape index (κ2) is 9.00.